The van der Waals surface area contributed by atoms with Crippen molar-refractivity contribution in [1.82, 2.24) is 20.1 Å². The van der Waals surface area contributed by atoms with Gasteiger partial charge >= 0.3 is 0 Å². The standard InChI is InChI=1S/C13H20N4O/c1-4-7-17-12(5-6-16-17)9-14-11(3)13-15-8-10(2)18-13/h5-6,8,11,14H,4,7,9H2,1-3H3. The summed E-state index contributed by atoms with van der Waals surface area (Å²) in [7, 11) is 0. The van der Waals surface area contributed by atoms with E-state index in [-0.39, 0.29) is 6.04 Å². The second-order valence-electron chi connectivity index (χ2n) is 4.46. The Morgan fingerprint density at radius 1 is 1.50 bits per heavy atom. The number of aryl methyl sites for hydroxylation is 2. The first-order chi connectivity index (χ1) is 8.70. The predicted octanol–water partition coefficient (Wildman–Crippen LogP) is 2.44. The molecular formula is C13H20N4O. The molecule has 0 spiro atoms. The Kier molecular flexibility index (Phi) is 4.15. The van der Waals surface area contributed by atoms with Gasteiger partial charge in [-0.3, -0.25) is 4.68 Å². The van der Waals surface area contributed by atoms with Crippen LogP contribution in [0.25, 0.3) is 0 Å². The van der Waals surface area contributed by atoms with E-state index in [9.17, 15) is 0 Å². The third kappa shape index (κ3) is 2.98. The molecule has 0 saturated carbocycles. The summed E-state index contributed by atoms with van der Waals surface area (Å²) in [6.45, 7) is 7.82. The minimum Gasteiger partial charge on any atom is -0.444 e. The van der Waals surface area contributed by atoms with Gasteiger partial charge in [0.15, 0.2) is 0 Å². The molecule has 2 heterocycles. The molecule has 1 N–H and O–H groups in total. The molecule has 2 aromatic rings. The van der Waals surface area contributed by atoms with Gasteiger partial charge in [-0.1, -0.05) is 6.92 Å². The van der Waals surface area contributed by atoms with E-state index >= 15 is 0 Å². The molecule has 0 aliphatic heterocycles. The maximum absolute atomic E-state index is 5.50. The van der Waals surface area contributed by atoms with Crippen molar-refractivity contribution >= 4 is 0 Å². The summed E-state index contributed by atoms with van der Waals surface area (Å²) in [5, 5.41) is 7.69. The Labute approximate surface area is 107 Å². The van der Waals surface area contributed by atoms with Gasteiger partial charge in [-0.25, -0.2) is 4.98 Å². The van der Waals surface area contributed by atoms with Gasteiger partial charge in [0.25, 0.3) is 0 Å². The number of oxazole rings is 1. The Morgan fingerprint density at radius 2 is 2.33 bits per heavy atom. The van der Waals surface area contributed by atoms with E-state index in [0.717, 1.165) is 31.2 Å². The first kappa shape index (κ1) is 12.8. The minimum atomic E-state index is 0.101. The van der Waals surface area contributed by atoms with E-state index < -0.39 is 0 Å². The Hall–Kier alpha value is -1.62. The second-order valence-corrected chi connectivity index (χ2v) is 4.46. The molecule has 18 heavy (non-hydrogen) atoms. The van der Waals surface area contributed by atoms with Gasteiger partial charge in [0, 0.05) is 19.3 Å². The van der Waals surface area contributed by atoms with Crippen LogP contribution < -0.4 is 5.32 Å². The average Bonchev–Trinajstić information content (AvgIpc) is 2.96. The van der Waals surface area contributed by atoms with Crippen molar-refractivity contribution in [3.05, 3.63) is 35.8 Å². The Morgan fingerprint density at radius 3 is 3.00 bits per heavy atom. The summed E-state index contributed by atoms with van der Waals surface area (Å²) >= 11 is 0. The minimum absolute atomic E-state index is 0.101. The average molecular weight is 248 g/mol. The molecule has 0 saturated heterocycles. The fraction of sp³-hybridized carbons (Fsp3) is 0.538. The highest BCUT2D eigenvalue weighted by molar-refractivity contribution is 5.01. The molecule has 2 rings (SSSR count). The van der Waals surface area contributed by atoms with Crippen LogP contribution in [0.5, 0.6) is 0 Å². The fourth-order valence-corrected chi connectivity index (χ4v) is 1.84. The zero-order chi connectivity index (χ0) is 13.0. The van der Waals surface area contributed by atoms with Crippen LogP contribution in [-0.4, -0.2) is 14.8 Å². The summed E-state index contributed by atoms with van der Waals surface area (Å²) in [5.41, 5.74) is 1.19. The van der Waals surface area contributed by atoms with Gasteiger partial charge in [-0.2, -0.15) is 5.10 Å². The first-order valence-electron chi connectivity index (χ1n) is 6.37. The lowest BCUT2D eigenvalue weighted by molar-refractivity contribution is 0.397. The molecule has 98 valence electrons. The molecule has 2 aromatic heterocycles. The molecule has 5 heteroatoms. The Balaban J connectivity index is 1.92. The maximum atomic E-state index is 5.50. The molecule has 0 aliphatic carbocycles. The van der Waals surface area contributed by atoms with E-state index in [0.29, 0.717) is 0 Å². The molecule has 1 unspecified atom stereocenters. The van der Waals surface area contributed by atoms with E-state index in [4.69, 9.17) is 4.42 Å². The van der Waals surface area contributed by atoms with Gasteiger partial charge in [-0.05, 0) is 26.3 Å². The number of hydrogen-bond donors (Lipinski definition) is 1. The van der Waals surface area contributed by atoms with Crippen molar-refractivity contribution in [2.24, 2.45) is 0 Å². The van der Waals surface area contributed by atoms with Crippen LogP contribution in [0.4, 0.5) is 0 Å². The third-order valence-corrected chi connectivity index (χ3v) is 2.84. The first-order valence-corrected chi connectivity index (χ1v) is 6.37. The van der Waals surface area contributed by atoms with Crippen LogP contribution in [0.15, 0.2) is 22.9 Å². The Bertz CT molecular complexity index is 489. The summed E-state index contributed by atoms with van der Waals surface area (Å²) in [4.78, 5) is 4.22. The lowest BCUT2D eigenvalue weighted by Gasteiger charge is -2.11. The van der Waals surface area contributed by atoms with Crippen LogP contribution in [0.1, 0.15) is 43.7 Å². The van der Waals surface area contributed by atoms with Crippen molar-refractivity contribution in [3.8, 4) is 0 Å². The molecule has 5 nitrogen and oxygen atoms in total. The summed E-state index contributed by atoms with van der Waals surface area (Å²) < 4.78 is 7.53. The van der Waals surface area contributed by atoms with Crippen LogP contribution in [-0.2, 0) is 13.1 Å². The van der Waals surface area contributed by atoms with Crippen molar-refractivity contribution in [2.45, 2.75) is 46.3 Å². The zero-order valence-electron chi connectivity index (χ0n) is 11.2. The van der Waals surface area contributed by atoms with Crippen molar-refractivity contribution in [1.29, 1.82) is 0 Å². The molecule has 0 aliphatic rings. The molecule has 0 bridgehead atoms. The number of nitrogens with one attached hydrogen (secondary N) is 1. The highest BCUT2D eigenvalue weighted by Crippen LogP contribution is 2.12. The second kappa shape index (κ2) is 5.82. The zero-order valence-corrected chi connectivity index (χ0v) is 11.2. The van der Waals surface area contributed by atoms with Crippen molar-refractivity contribution < 1.29 is 4.42 Å². The number of nitrogens with zero attached hydrogens (tertiary/aromatic N) is 3. The quantitative estimate of drug-likeness (QED) is 0.853. The number of aromatic nitrogens is 3. The lowest BCUT2D eigenvalue weighted by Crippen LogP contribution is -2.20. The van der Waals surface area contributed by atoms with E-state index in [1.54, 1.807) is 6.20 Å². The maximum Gasteiger partial charge on any atom is 0.211 e. The highest BCUT2D eigenvalue weighted by Gasteiger charge is 2.11. The molecular weight excluding hydrogens is 228 g/mol. The molecule has 0 aromatic carbocycles. The smallest absolute Gasteiger partial charge is 0.211 e. The highest BCUT2D eigenvalue weighted by atomic mass is 16.4. The lowest BCUT2D eigenvalue weighted by atomic mass is 10.3. The predicted molar refractivity (Wildman–Crippen MR) is 69.0 cm³/mol. The largest absolute Gasteiger partial charge is 0.444 e. The van der Waals surface area contributed by atoms with Crippen LogP contribution in [0, 0.1) is 6.92 Å². The molecule has 0 radical (unpaired) electrons. The monoisotopic (exact) mass is 248 g/mol. The summed E-state index contributed by atoms with van der Waals surface area (Å²) in [6, 6.07) is 2.14. The topological polar surface area (TPSA) is 55.9 Å². The van der Waals surface area contributed by atoms with Crippen LogP contribution >= 0.6 is 0 Å². The molecule has 0 amide bonds. The van der Waals surface area contributed by atoms with E-state index in [1.807, 2.05) is 30.8 Å². The van der Waals surface area contributed by atoms with E-state index in [1.165, 1.54) is 5.69 Å². The van der Waals surface area contributed by atoms with Gasteiger partial charge < -0.3 is 9.73 Å². The summed E-state index contributed by atoms with van der Waals surface area (Å²) in [5.74, 6) is 1.57. The number of hydrogen-bond acceptors (Lipinski definition) is 4. The van der Waals surface area contributed by atoms with Gasteiger partial charge in [0.1, 0.15) is 5.76 Å². The third-order valence-electron chi connectivity index (χ3n) is 2.84. The number of rotatable bonds is 6. The molecule has 1 atom stereocenters. The van der Waals surface area contributed by atoms with E-state index in [2.05, 4.69) is 22.3 Å². The fourth-order valence-electron chi connectivity index (χ4n) is 1.84. The van der Waals surface area contributed by atoms with Crippen LogP contribution in [0.2, 0.25) is 0 Å². The van der Waals surface area contributed by atoms with Gasteiger partial charge in [0.05, 0.1) is 17.9 Å². The SMILES string of the molecule is CCCn1nccc1CNC(C)c1ncc(C)o1. The van der Waals surface area contributed by atoms with Crippen molar-refractivity contribution in [3.63, 3.8) is 0 Å². The summed E-state index contributed by atoms with van der Waals surface area (Å²) in [6.07, 6.45) is 4.67. The normalized spacial score (nSPS) is 12.8. The van der Waals surface area contributed by atoms with Gasteiger partial charge in [-0.15, -0.1) is 0 Å². The van der Waals surface area contributed by atoms with Crippen molar-refractivity contribution in [2.75, 3.05) is 0 Å². The van der Waals surface area contributed by atoms with Crippen LogP contribution in [0.3, 0.4) is 0 Å². The molecule has 0 fully saturated rings. The van der Waals surface area contributed by atoms with Gasteiger partial charge in [0.2, 0.25) is 5.89 Å².